The first kappa shape index (κ1) is 28.2. The molecule has 1 aliphatic heterocycles. The van der Waals surface area contributed by atoms with Crippen molar-refractivity contribution in [2.75, 3.05) is 6.61 Å². The average Bonchev–Trinajstić information content (AvgIpc) is 3.01. The van der Waals surface area contributed by atoms with E-state index in [1.54, 1.807) is 0 Å². The lowest BCUT2D eigenvalue weighted by Crippen LogP contribution is -2.63. The predicted octanol–water partition coefficient (Wildman–Crippen LogP) is 5.25. The van der Waals surface area contributed by atoms with Crippen LogP contribution < -0.4 is 5.32 Å². The SMILES string of the molecule is [18OH][C@H]1[C@@H](OCc2ccccc2)[C@H](OCc2ccccc2)[C@@H](COCc2ccccc2)O[C@@H]1NCc1ccccc1. The minimum absolute atomic E-state index is 0.287. The Morgan fingerprint density at radius 1 is 0.575 bits per heavy atom. The van der Waals surface area contributed by atoms with Crippen molar-refractivity contribution < 1.29 is 24.1 Å². The zero-order valence-electron chi connectivity index (χ0n) is 22.5. The molecule has 5 atom stereocenters. The van der Waals surface area contributed by atoms with Gasteiger partial charge in [-0.25, -0.2) is 0 Å². The van der Waals surface area contributed by atoms with Crippen molar-refractivity contribution in [3.8, 4) is 0 Å². The zero-order valence-corrected chi connectivity index (χ0v) is 22.5. The minimum Gasteiger partial charge on any atom is -0.386 e. The number of rotatable bonds is 13. The van der Waals surface area contributed by atoms with Crippen molar-refractivity contribution in [2.45, 2.75) is 57.0 Å². The van der Waals surface area contributed by atoms with Gasteiger partial charge in [0.15, 0.2) is 0 Å². The molecule has 4 aromatic carbocycles. The maximum Gasteiger partial charge on any atom is 0.137 e. The van der Waals surface area contributed by atoms with Crippen molar-refractivity contribution >= 4 is 0 Å². The molecule has 208 valence electrons. The minimum atomic E-state index is -0.960. The van der Waals surface area contributed by atoms with E-state index in [2.05, 4.69) is 5.32 Å². The van der Waals surface area contributed by atoms with Gasteiger partial charge in [-0.1, -0.05) is 121 Å². The second-order valence-electron chi connectivity index (χ2n) is 9.98. The molecule has 0 aliphatic carbocycles. The van der Waals surface area contributed by atoms with Crippen LogP contribution in [-0.4, -0.2) is 42.4 Å². The van der Waals surface area contributed by atoms with E-state index in [4.69, 9.17) is 18.9 Å². The number of hydrogen-bond donors (Lipinski definition) is 2. The maximum absolute atomic E-state index is 11.5. The van der Waals surface area contributed by atoms with E-state index in [9.17, 15) is 5.11 Å². The summed E-state index contributed by atoms with van der Waals surface area (Å²) in [5.41, 5.74) is 4.23. The van der Waals surface area contributed by atoms with Crippen molar-refractivity contribution in [3.63, 3.8) is 0 Å². The Kier molecular flexibility index (Phi) is 10.5. The van der Waals surface area contributed by atoms with Crippen LogP contribution in [0.5, 0.6) is 0 Å². The highest BCUT2D eigenvalue weighted by Gasteiger charge is 2.46. The van der Waals surface area contributed by atoms with Crippen LogP contribution in [0.4, 0.5) is 0 Å². The highest BCUT2D eigenvalue weighted by molar-refractivity contribution is 5.16. The molecular weight excluding hydrogens is 504 g/mol. The molecule has 1 aliphatic rings. The Morgan fingerprint density at radius 2 is 1.02 bits per heavy atom. The van der Waals surface area contributed by atoms with E-state index in [1.165, 1.54) is 0 Å². The number of aliphatic hydroxyl groups excluding tert-OH is 1. The summed E-state index contributed by atoms with van der Waals surface area (Å²) in [6.07, 6.45) is -3.29. The van der Waals surface area contributed by atoms with E-state index in [0.717, 1.165) is 22.3 Å². The molecule has 5 rings (SSSR count). The van der Waals surface area contributed by atoms with Crippen LogP contribution in [0.15, 0.2) is 121 Å². The second kappa shape index (κ2) is 14.9. The summed E-state index contributed by atoms with van der Waals surface area (Å²) >= 11 is 0. The lowest BCUT2D eigenvalue weighted by molar-refractivity contribution is -0.267. The smallest absolute Gasteiger partial charge is 0.137 e. The van der Waals surface area contributed by atoms with Gasteiger partial charge in [-0.15, -0.1) is 0 Å². The molecule has 4 aromatic rings. The van der Waals surface area contributed by atoms with Gasteiger partial charge in [0.1, 0.15) is 30.6 Å². The third kappa shape index (κ3) is 8.08. The number of hydrogen-bond acceptors (Lipinski definition) is 6. The topological polar surface area (TPSA) is 69.2 Å². The van der Waals surface area contributed by atoms with Gasteiger partial charge in [-0.05, 0) is 22.3 Å². The molecule has 6 nitrogen and oxygen atoms in total. The number of benzene rings is 4. The zero-order chi connectivity index (χ0) is 27.4. The summed E-state index contributed by atoms with van der Waals surface area (Å²) < 4.78 is 25.4. The molecule has 0 aromatic heterocycles. The standard InChI is InChI=1S/C34H37NO5/c36-31-33(39-24-29-19-11-4-12-20-29)32(38-23-28-17-9-3-10-18-28)30(25-37-22-27-15-7-2-8-16-27)40-34(31)35-21-26-13-5-1-6-14-26/h1-20,30-36H,21-25H2/t30-,31+,32-,33-,34+/m1/s1/i36+2. The van der Waals surface area contributed by atoms with Gasteiger partial charge in [0.25, 0.3) is 0 Å². The van der Waals surface area contributed by atoms with E-state index < -0.39 is 30.6 Å². The Hall–Kier alpha value is -3.36. The van der Waals surface area contributed by atoms with Crippen LogP contribution in [-0.2, 0) is 45.3 Å². The van der Waals surface area contributed by atoms with E-state index in [-0.39, 0.29) is 6.61 Å². The lowest BCUT2D eigenvalue weighted by Gasteiger charge is -2.44. The monoisotopic (exact) mass is 541 g/mol. The molecule has 0 bridgehead atoms. The van der Waals surface area contributed by atoms with Crippen LogP contribution in [0.3, 0.4) is 0 Å². The van der Waals surface area contributed by atoms with Crippen LogP contribution >= 0.6 is 0 Å². The van der Waals surface area contributed by atoms with Crippen molar-refractivity contribution in [2.24, 2.45) is 0 Å². The third-order valence-electron chi connectivity index (χ3n) is 6.97. The van der Waals surface area contributed by atoms with E-state index in [0.29, 0.717) is 26.4 Å². The Labute approximate surface area is 236 Å². The number of aliphatic hydroxyl groups is 1. The fraction of sp³-hybridized carbons (Fsp3) is 0.294. The van der Waals surface area contributed by atoms with Gasteiger partial charge >= 0.3 is 0 Å². The van der Waals surface area contributed by atoms with Crippen LogP contribution in [0.2, 0.25) is 0 Å². The molecule has 2 N–H and O–H groups in total. The van der Waals surface area contributed by atoms with Gasteiger partial charge in [0.05, 0.1) is 26.4 Å². The summed E-state index contributed by atoms with van der Waals surface area (Å²) in [7, 11) is 0. The number of ether oxygens (including phenoxy) is 4. The van der Waals surface area contributed by atoms with Crippen molar-refractivity contribution in [3.05, 3.63) is 144 Å². The van der Waals surface area contributed by atoms with Gasteiger partial charge in [-0.3, -0.25) is 5.32 Å². The van der Waals surface area contributed by atoms with Gasteiger partial charge < -0.3 is 24.1 Å². The van der Waals surface area contributed by atoms with Crippen molar-refractivity contribution in [1.82, 2.24) is 5.32 Å². The molecule has 0 amide bonds. The highest BCUT2D eigenvalue weighted by Crippen LogP contribution is 2.28. The molecule has 1 heterocycles. The fourth-order valence-corrected chi connectivity index (χ4v) is 4.84. The summed E-state index contributed by atoms with van der Waals surface area (Å²) in [6, 6.07) is 40.0. The number of nitrogens with one attached hydrogen (secondary N) is 1. The summed E-state index contributed by atoms with van der Waals surface area (Å²) in [5, 5.41) is 14.9. The van der Waals surface area contributed by atoms with Crippen LogP contribution in [0, 0.1) is 0 Å². The Morgan fingerprint density at radius 3 is 1.55 bits per heavy atom. The molecule has 1 saturated heterocycles. The molecule has 1 fully saturated rings. The first-order valence-electron chi connectivity index (χ1n) is 13.8. The van der Waals surface area contributed by atoms with E-state index >= 15 is 0 Å². The average molecular weight is 542 g/mol. The summed E-state index contributed by atoms with van der Waals surface area (Å²) in [6.45, 7) is 1.99. The van der Waals surface area contributed by atoms with Crippen LogP contribution in [0.25, 0.3) is 0 Å². The van der Waals surface area contributed by atoms with E-state index in [1.807, 2.05) is 121 Å². The Balaban J connectivity index is 1.34. The molecule has 6 heteroatoms. The molecular formula is C34H37NO5. The molecule has 0 radical (unpaired) electrons. The molecule has 0 saturated carbocycles. The first-order chi connectivity index (χ1) is 19.8. The molecule has 0 spiro atoms. The highest BCUT2D eigenvalue weighted by atomic mass is 18.2. The van der Waals surface area contributed by atoms with Gasteiger partial charge in [-0.2, -0.15) is 0 Å². The quantitative estimate of drug-likeness (QED) is 0.226. The molecule has 0 unspecified atom stereocenters. The molecule has 40 heavy (non-hydrogen) atoms. The summed E-state index contributed by atoms with van der Waals surface area (Å²) in [4.78, 5) is 0. The van der Waals surface area contributed by atoms with Gasteiger partial charge in [0, 0.05) is 6.54 Å². The first-order valence-corrected chi connectivity index (χ1v) is 13.8. The Bertz CT molecular complexity index is 1200. The van der Waals surface area contributed by atoms with Crippen LogP contribution in [0.1, 0.15) is 22.3 Å². The fourth-order valence-electron chi connectivity index (χ4n) is 4.84. The predicted molar refractivity (Wildman–Crippen MR) is 154 cm³/mol. The van der Waals surface area contributed by atoms with Gasteiger partial charge in [0.2, 0.25) is 0 Å². The normalized spacial score (nSPS) is 22.7. The lowest BCUT2D eigenvalue weighted by atomic mass is 9.97. The largest absolute Gasteiger partial charge is 0.386 e. The second-order valence-corrected chi connectivity index (χ2v) is 9.98. The van der Waals surface area contributed by atoms with Crippen molar-refractivity contribution in [1.29, 1.82) is 0 Å². The third-order valence-corrected chi connectivity index (χ3v) is 6.97. The summed E-state index contributed by atoms with van der Waals surface area (Å²) in [5.74, 6) is 0. The maximum atomic E-state index is 11.5.